The predicted octanol–water partition coefficient (Wildman–Crippen LogP) is 2.54. The van der Waals surface area contributed by atoms with Crippen LogP contribution in [0.15, 0.2) is 83.9 Å². The number of anilines is 1. The Balaban J connectivity index is 1.70. The second kappa shape index (κ2) is 9.23. The Morgan fingerprint density at radius 2 is 1.81 bits per heavy atom. The summed E-state index contributed by atoms with van der Waals surface area (Å²) in [6.45, 7) is -0.248. The number of hydrogen-bond donors (Lipinski definition) is 4. The Labute approximate surface area is 183 Å². The minimum Gasteiger partial charge on any atom is -0.394 e. The molecule has 0 spiro atoms. The van der Waals surface area contributed by atoms with Gasteiger partial charge in [0.1, 0.15) is 11.5 Å². The third-order valence-electron chi connectivity index (χ3n) is 5.00. The maximum Gasteiger partial charge on any atom is 0.252 e. The van der Waals surface area contributed by atoms with Crippen LogP contribution in [0.25, 0.3) is 22.5 Å². The second-order valence-corrected chi connectivity index (χ2v) is 7.10. The Kier molecular flexibility index (Phi) is 6.05. The molecule has 32 heavy (non-hydrogen) atoms. The summed E-state index contributed by atoms with van der Waals surface area (Å²) in [6.07, 6.45) is 3.04. The van der Waals surface area contributed by atoms with E-state index in [4.69, 9.17) is 5.73 Å². The minimum atomic E-state index is -0.562. The molecule has 0 saturated heterocycles. The van der Waals surface area contributed by atoms with Gasteiger partial charge in [-0.2, -0.15) is 0 Å². The van der Waals surface area contributed by atoms with Crippen LogP contribution in [0.4, 0.5) is 5.82 Å². The average Bonchev–Trinajstić information content (AvgIpc) is 2.84. The zero-order valence-electron chi connectivity index (χ0n) is 17.0. The van der Waals surface area contributed by atoms with Crippen molar-refractivity contribution in [3.63, 3.8) is 0 Å². The van der Waals surface area contributed by atoms with E-state index in [0.29, 0.717) is 28.1 Å². The van der Waals surface area contributed by atoms with E-state index in [-0.39, 0.29) is 23.9 Å². The lowest BCUT2D eigenvalue weighted by Crippen LogP contribution is -2.31. The molecular weight excluding hydrogens is 406 g/mol. The van der Waals surface area contributed by atoms with Gasteiger partial charge in [0.05, 0.1) is 24.5 Å². The third kappa shape index (κ3) is 4.40. The molecule has 0 saturated carbocycles. The summed E-state index contributed by atoms with van der Waals surface area (Å²) >= 11 is 0. The van der Waals surface area contributed by atoms with Crippen LogP contribution in [0.5, 0.6) is 0 Å². The number of amides is 1. The maximum atomic E-state index is 13.1. The molecule has 1 atom stereocenters. The number of H-pyrrole nitrogens is 1. The number of hydrogen-bond acceptors (Lipinski definition) is 6. The third-order valence-corrected chi connectivity index (χ3v) is 5.00. The smallest absolute Gasteiger partial charge is 0.252 e. The van der Waals surface area contributed by atoms with Crippen molar-refractivity contribution >= 4 is 11.7 Å². The SMILES string of the molecule is Nc1ncc(-c2ccc(=O)[nH]c2)nc1-c1ccccc1C(=O)NC(CO)c1ccccc1. The summed E-state index contributed by atoms with van der Waals surface area (Å²) < 4.78 is 0. The van der Waals surface area contributed by atoms with Crippen LogP contribution in [0.3, 0.4) is 0 Å². The number of aliphatic hydroxyl groups is 1. The second-order valence-electron chi connectivity index (χ2n) is 7.10. The number of nitrogens with two attached hydrogens (primary N) is 1. The summed E-state index contributed by atoms with van der Waals surface area (Å²) in [5.41, 5.74) is 9.03. The van der Waals surface area contributed by atoms with Crippen LogP contribution in [0.1, 0.15) is 22.0 Å². The van der Waals surface area contributed by atoms with Crippen LogP contribution < -0.4 is 16.6 Å². The molecule has 5 N–H and O–H groups in total. The van der Waals surface area contributed by atoms with E-state index >= 15 is 0 Å². The highest BCUT2D eigenvalue weighted by molar-refractivity contribution is 6.01. The molecular formula is C24H21N5O3. The molecule has 2 aromatic heterocycles. The molecule has 160 valence electrons. The summed E-state index contributed by atoms with van der Waals surface area (Å²) in [6, 6.07) is 18.6. The highest BCUT2D eigenvalue weighted by Crippen LogP contribution is 2.28. The quantitative estimate of drug-likeness (QED) is 0.374. The number of pyridine rings is 1. The molecule has 2 heterocycles. The highest BCUT2D eigenvalue weighted by Gasteiger charge is 2.20. The van der Waals surface area contributed by atoms with Gasteiger partial charge in [0.25, 0.3) is 5.91 Å². The van der Waals surface area contributed by atoms with Gasteiger partial charge >= 0.3 is 0 Å². The Bertz CT molecular complexity index is 1280. The minimum absolute atomic E-state index is 0.167. The van der Waals surface area contributed by atoms with E-state index in [1.807, 2.05) is 30.3 Å². The van der Waals surface area contributed by atoms with Crippen molar-refractivity contribution in [1.82, 2.24) is 20.3 Å². The van der Waals surface area contributed by atoms with E-state index in [2.05, 4.69) is 20.3 Å². The fraction of sp³-hybridized carbons (Fsp3) is 0.0833. The average molecular weight is 427 g/mol. The van der Waals surface area contributed by atoms with Crippen molar-refractivity contribution in [3.8, 4) is 22.5 Å². The van der Waals surface area contributed by atoms with E-state index < -0.39 is 6.04 Å². The molecule has 0 aliphatic heterocycles. The summed E-state index contributed by atoms with van der Waals surface area (Å²) in [5, 5.41) is 12.7. The van der Waals surface area contributed by atoms with Gasteiger partial charge in [0.2, 0.25) is 5.56 Å². The number of rotatable bonds is 6. The van der Waals surface area contributed by atoms with E-state index in [1.54, 1.807) is 30.3 Å². The van der Waals surface area contributed by atoms with Crippen molar-refractivity contribution in [2.75, 3.05) is 12.3 Å². The molecule has 1 unspecified atom stereocenters. The molecule has 2 aromatic carbocycles. The van der Waals surface area contributed by atoms with Crippen LogP contribution in [-0.2, 0) is 0 Å². The fourth-order valence-corrected chi connectivity index (χ4v) is 3.35. The Hall–Kier alpha value is -4.30. The van der Waals surface area contributed by atoms with E-state index in [1.165, 1.54) is 18.5 Å². The molecule has 8 nitrogen and oxygen atoms in total. The first-order valence-corrected chi connectivity index (χ1v) is 9.94. The number of nitrogen functional groups attached to an aromatic ring is 1. The zero-order chi connectivity index (χ0) is 22.5. The van der Waals surface area contributed by atoms with Crippen LogP contribution >= 0.6 is 0 Å². The van der Waals surface area contributed by atoms with Gasteiger partial charge in [-0.05, 0) is 17.7 Å². The summed E-state index contributed by atoms with van der Waals surface area (Å²) in [7, 11) is 0. The first-order valence-electron chi connectivity index (χ1n) is 9.94. The number of aromatic nitrogens is 3. The predicted molar refractivity (Wildman–Crippen MR) is 122 cm³/mol. The largest absolute Gasteiger partial charge is 0.394 e. The van der Waals surface area contributed by atoms with E-state index in [0.717, 1.165) is 5.56 Å². The molecule has 1 amide bonds. The topological polar surface area (TPSA) is 134 Å². The van der Waals surface area contributed by atoms with Gasteiger partial charge in [-0.15, -0.1) is 0 Å². The highest BCUT2D eigenvalue weighted by atomic mass is 16.3. The van der Waals surface area contributed by atoms with Crippen molar-refractivity contribution < 1.29 is 9.90 Å². The standard InChI is InChI=1S/C24H21N5O3/c25-23-22(28-19(13-27-23)16-10-11-21(31)26-12-16)17-8-4-5-9-18(17)24(32)29-20(14-30)15-6-2-1-3-7-15/h1-13,20,30H,14H2,(H2,25,27)(H,26,31)(H,29,32). The lowest BCUT2D eigenvalue weighted by atomic mass is 10.0. The summed E-state index contributed by atoms with van der Waals surface area (Å²) in [5.74, 6) is -0.209. The lowest BCUT2D eigenvalue weighted by Gasteiger charge is -2.18. The van der Waals surface area contributed by atoms with Crippen molar-refractivity contribution in [2.24, 2.45) is 0 Å². The Morgan fingerprint density at radius 3 is 2.53 bits per heavy atom. The van der Waals surface area contributed by atoms with Gasteiger partial charge in [0.15, 0.2) is 0 Å². The maximum absolute atomic E-state index is 13.1. The van der Waals surface area contributed by atoms with Gasteiger partial charge in [-0.25, -0.2) is 9.97 Å². The first kappa shape index (κ1) is 21.0. The van der Waals surface area contributed by atoms with Crippen molar-refractivity contribution in [1.29, 1.82) is 0 Å². The zero-order valence-corrected chi connectivity index (χ0v) is 17.0. The van der Waals surface area contributed by atoms with Crippen LogP contribution in [0.2, 0.25) is 0 Å². The monoisotopic (exact) mass is 427 g/mol. The summed E-state index contributed by atoms with van der Waals surface area (Å²) in [4.78, 5) is 35.9. The molecule has 0 fully saturated rings. The Morgan fingerprint density at radius 1 is 1.06 bits per heavy atom. The van der Waals surface area contributed by atoms with Gasteiger partial charge in [-0.1, -0.05) is 48.5 Å². The molecule has 0 aliphatic carbocycles. The van der Waals surface area contributed by atoms with Crippen molar-refractivity contribution in [2.45, 2.75) is 6.04 Å². The lowest BCUT2D eigenvalue weighted by molar-refractivity contribution is 0.0917. The van der Waals surface area contributed by atoms with Crippen LogP contribution in [-0.4, -0.2) is 32.6 Å². The first-order chi connectivity index (χ1) is 15.6. The van der Waals surface area contributed by atoms with Gasteiger partial charge < -0.3 is 21.1 Å². The van der Waals surface area contributed by atoms with Crippen molar-refractivity contribution in [3.05, 3.63) is 101 Å². The fourth-order valence-electron chi connectivity index (χ4n) is 3.35. The number of nitrogens with zero attached hydrogens (tertiary/aromatic N) is 2. The molecule has 0 radical (unpaired) electrons. The molecule has 4 aromatic rings. The van der Waals surface area contributed by atoms with E-state index in [9.17, 15) is 14.7 Å². The molecule has 0 aliphatic rings. The molecule has 4 rings (SSSR count). The number of benzene rings is 2. The van der Waals surface area contributed by atoms with Gasteiger partial charge in [0, 0.05) is 29.0 Å². The number of nitrogens with one attached hydrogen (secondary N) is 2. The van der Waals surface area contributed by atoms with Crippen LogP contribution in [0, 0.1) is 0 Å². The number of aliphatic hydroxyl groups excluding tert-OH is 1. The number of carbonyl (C=O) groups excluding carboxylic acids is 1. The number of carbonyl (C=O) groups is 1. The molecule has 8 heteroatoms. The number of aromatic amines is 1. The van der Waals surface area contributed by atoms with Gasteiger partial charge in [-0.3, -0.25) is 9.59 Å². The normalized spacial score (nSPS) is 11.7. The molecule has 0 bridgehead atoms.